The number of pyridine rings is 1. The first kappa shape index (κ1) is 12.3. The molecule has 0 spiro atoms. The van der Waals surface area contributed by atoms with Gasteiger partial charge in [0.1, 0.15) is 11.6 Å². The van der Waals surface area contributed by atoms with E-state index in [1.165, 1.54) is 0 Å². The number of imidazole rings is 1. The fraction of sp³-hybridized carbons (Fsp3) is 0.417. The number of rotatable bonds is 3. The number of hydrogen-bond acceptors (Lipinski definition) is 4. The van der Waals surface area contributed by atoms with Gasteiger partial charge in [-0.3, -0.25) is 9.36 Å². The summed E-state index contributed by atoms with van der Waals surface area (Å²) in [4.78, 5) is 20.4. The summed E-state index contributed by atoms with van der Waals surface area (Å²) in [6, 6.07) is 1.48. The molecule has 0 bridgehead atoms. The Morgan fingerprint density at radius 2 is 2.33 bits per heavy atom. The molecule has 2 aromatic heterocycles. The van der Waals surface area contributed by atoms with Gasteiger partial charge in [-0.15, -0.1) is 0 Å². The van der Waals surface area contributed by atoms with Crippen LogP contribution in [0, 0.1) is 6.92 Å². The molecule has 2 aromatic rings. The quantitative estimate of drug-likeness (QED) is 0.847. The van der Waals surface area contributed by atoms with Crippen molar-refractivity contribution >= 4 is 23.0 Å². The van der Waals surface area contributed by atoms with Crippen LogP contribution < -0.4 is 11.1 Å². The molecule has 3 N–H and O–H groups in total. The van der Waals surface area contributed by atoms with E-state index >= 15 is 0 Å². The highest BCUT2D eigenvalue weighted by atomic mass is 16.2. The van der Waals surface area contributed by atoms with Crippen LogP contribution in [0.2, 0.25) is 0 Å². The van der Waals surface area contributed by atoms with E-state index in [1.54, 1.807) is 17.7 Å². The van der Waals surface area contributed by atoms with Crippen molar-refractivity contribution in [3.8, 4) is 0 Å². The van der Waals surface area contributed by atoms with Gasteiger partial charge in [0.25, 0.3) is 0 Å². The van der Waals surface area contributed by atoms with Crippen LogP contribution in [0.15, 0.2) is 12.3 Å². The van der Waals surface area contributed by atoms with Crippen molar-refractivity contribution < 1.29 is 4.79 Å². The monoisotopic (exact) mass is 247 g/mol. The van der Waals surface area contributed by atoms with Crippen LogP contribution >= 0.6 is 0 Å². The lowest BCUT2D eigenvalue weighted by atomic mass is 10.3. The second-order valence-corrected chi connectivity index (χ2v) is 4.27. The molecule has 18 heavy (non-hydrogen) atoms. The zero-order chi connectivity index (χ0) is 13.3. The minimum Gasteiger partial charge on any atom is -0.369 e. The van der Waals surface area contributed by atoms with Gasteiger partial charge in [-0.1, -0.05) is 0 Å². The second kappa shape index (κ2) is 4.64. The molecule has 0 aliphatic carbocycles. The maximum Gasteiger partial charge on any atom is 0.242 e. The molecule has 0 radical (unpaired) electrons. The molecule has 1 atom stereocenters. The molecule has 0 saturated heterocycles. The summed E-state index contributed by atoms with van der Waals surface area (Å²) in [7, 11) is 0. The van der Waals surface area contributed by atoms with Crippen LogP contribution in [0.5, 0.6) is 0 Å². The topological polar surface area (TPSA) is 85.8 Å². The van der Waals surface area contributed by atoms with Gasteiger partial charge in [0, 0.05) is 12.7 Å². The van der Waals surface area contributed by atoms with Crippen molar-refractivity contribution in [2.75, 3.05) is 12.3 Å². The van der Waals surface area contributed by atoms with Crippen LogP contribution in [0.1, 0.15) is 25.5 Å². The fourth-order valence-electron chi connectivity index (χ4n) is 1.92. The number of anilines is 1. The first-order valence-corrected chi connectivity index (χ1v) is 5.92. The standard InChI is InChI=1S/C12H17N5O/c1-4-14-11(18)8(3)17-10-9(16-12(17)13)5-7(2)6-15-10/h5-6,8H,4H2,1-3H3,(H2,13,16)(H,14,18). The molecule has 2 rings (SSSR count). The second-order valence-electron chi connectivity index (χ2n) is 4.27. The van der Waals surface area contributed by atoms with Gasteiger partial charge in [-0.2, -0.15) is 0 Å². The normalized spacial score (nSPS) is 12.6. The first-order chi connectivity index (χ1) is 8.54. The van der Waals surface area contributed by atoms with E-state index in [0.29, 0.717) is 23.7 Å². The number of nitrogen functional groups attached to an aromatic ring is 1. The van der Waals surface area contributed by atoms with Gasteiger partial charge in [0.05, 0.1) is 0 Å². The predicted octanol–water partition coefficient (Wildman–Crippen LogP) is 1.02. The average Bonchev–Trinajstić information content (AvgIpc) is 2.63. The van der Waals surface area contributed by atoms with E-state index in [2.05, 4.69) is 15.3 Å². The lowest BCUT2D eigenvalue weighted by molar-refractivity contribution is -0.123. The molecule has 0 aliphatic rings. The number of nitrogens with zero attached hydrogens (tertiary/aromatic N) is 3. The fourth-order valence-corrected chi connectivity index (χ4v) is 1.92. The summed E-state index contributed by atoms with van der Waals surface area (Å²) < 4.78 is 1.65. The molecule has 1 unspecified atom stereocenters. The molecule has 0 aliphatic heterocycles. The lowest BCUT2D eigenvalue weighted by Gasteiger charge is -2.14. The molecular weight excluding hydrogens is 230 g/mol. The Hall–Kier alpha value is -2.11. The molecule has 96 valence electrons. The Morgan fingerprint density at radius 3 is 3.00 bits per heavy atom. The third-order valence-corrected chi connectivity index (χ3v) is 2.81. The van der Waals surface area contributed by atoms with Gasteiger partial charge >= 0.3 is 0 Å². The predicted molar refractivity (Wildman–Crippen MR) is 70.1 cm³/mol. The summed E-state index contributed by atoms with van der Waals surface area (Å²) in [6.45, 7) is 6.18. The van der Waals surface area contributed by atoms with Crippen molar-refractivity contribution in [3.63, 3.8) is 0 Å². The van der Waals surface area contributed by atoms with Gasteiger partial charge in [-0.05, 0) is 32.4 Å². The minimum absolute atomic E-state index is 0.0918. The number of carbonyl (C=O) groups is 1. The molecule has 6 heteroatoms. The number of aromatic nitrogens is 3. The summed E-state index contributed by atoms with van der Waals surface area (Å²) >= 11 is 0. The zero-order valence-electron chi connectivity index (χ0n) is 10.8. The summed E-state index contributed by atoms with van der Waals surface area (Å²) in [5.41, 5.74) is 8.23. The smallest absolute Gasteiger partial charge is 0.242 e. The highest BCUT2D eigenvalue weighted by molar-refractivity contribution is 5.84. The van der Waals surface area contributed by atoms with Gasteiger partial charge in [0.15, 0.2) is 5.65 Å². The van der Waals surface area contributed by atoms with E-state index in [4.69, 9.17) is 5.73 Å². The van der Waals surface area contributed by atoms with Crippen molar-refractivity contribution in [3.05, 3.63) is 17.8 Å². The van der Waals surface area contributed by atoms with E-state index in [9.17, 15) is 4.79 Å². The maximum absolute atomic E-state index is 11.9. The molecular formula is C12H17N5O. The highest BCUT2D eigenvalue weighted by Gasteiger charge is 2.20. The number of fused-ring (bicyclic) bond motifs is 1. The van der Waals surface area contributed by atoms with Crippen LogP contribution in [0.25, 0.3) is 11.2 Å². The Kier molecular flexibility index (Phi) is 3.18. The van der Waals surface area contributed by atoms with Gasteiger partial charge in [0.2, 0.25) is 11.9 Å². The number of nitrogens with two attached hydrogens (primary N) is 1. The third kappa shape index (κ3) is 2.01. The number of hydrogen-bond donors (Lipinski definition) is 2. The molecule has 1 amide bonds. The Bertz CT molecular complexity index is 589. The number of nitrogens with one attached hydrogen (secondary N) is 1. The lowest BCUT2D eigenvalue weighted by Crippen LogP contribution is -2.31. The van der Waals surface area contributed by atoms with Crippen molar-refractivity contribution in [1.82, 2.24) is 19.9 Å². The van der Waals surface area contributed by atoms with E-state index in [1.807, 2.05) is 19.9 Å². The number of likely N-dealkylation sites (N-methyl/N-ethyl adjacent to an activating group) is 1. The third-order valence-electron chi connectivity index (χ3n) is 2.81. The molecule has 0 aromatic carbocycles. The molecule has 6 nitrogen and oxygen atoms in total. The Labute approximate surface area is 105 Å². The van der Waals surface area contributed by atoms with Gasteiger partial charge < -0.3 is 11.1 Å². The Morgan fingerprint density at radius 1 is 1.61 bits per heavy atom. The van der Waals surface area contributed by atoms with E-state index in [-0.39, 0.29) is 5.91 Å². The van der Waals surface area contributed by atoms with E-state index < -0.39 is 6.04 Å². The van der Waals surface area contributed by atoms with Gasteiger partial charge in [-0.25, -0.2) is 9.97 Å². The summed E-state index contributed by atoms with van der Waals surface area (Å²) in [5, 5.41) is 2.77. The van der Waals surface area contributed by atoms with Crippen LogP contribution in [0.4, 0.5) is 5.95 Å². The highest BCUT2D eigenvalue weighted by Crippen LogP contribution is 2.21. The van der Waals surface area contributed by atoms with Crippen LogP contribution in [0.3, 0.4) is 0 Å². The molecule has 0 saturated carbocycles. The first-order valence-electron chi connectivity index (χ1n) is 5.92. The Balaban J connectivity index is 2.50. The average molecular weight is 247 g/mol. The van der Waals surface area contributed by atoms with Crippen molar-refractivity contribution in [2.45, 2.75) is 26.8 Å². The minimum atomic E-state index is -0.426. The largest absolute Gasteiger partial charge is 0.369 e. The molecule has 2 heterocycles. The van der Waals surface area contributed by atoms with Crippen molar-refractivity contribution in [2.24, 2.45) is 0 Å². The maximum atomic E-state index is 11.9. The van der Waals surface area contributed by atoms with Crippen LogP contribution in [-0.2, 0) is 4.79 Å². The number of amides is 1. The van der Waals surface area contributed by atoms with Crippen LogP contribution in [-0.4, -0.2) is 27.0 Å². The number of carbonyl (C=O) groups excluding carboxylic acids is 1. The van der Waals surface area contributed by atoms with Crippen molar-refractivity contribution in [1.29, 1.82) is 0 Å². The summed E-state index contributed by atoms with van der Waals surface area (Å²) in [6.07, 6.45) is 1.74. The van der Waals surface area contributed by atoms with E-state index in [0.717, 1.165) is 5.56 Å². The zero-order valence-corrected chi connectivity index (χ0v) is 10.8. The summed E-state index contributed by atoms with van der Waals surface area (Å²) in [5.74, 6) is 0.215. The number of aryl methyl sites for hydroxylation is 1. The molecule has 0 fully saturated rings. The SMILES string of the molecule is CCNC(=O)C(C)n1c(N)nc2cc(C)cnc21.